The van der Waals surface area contributed by atoms with Crippen LogP contribution in [0.5, 0.6) is 0 Å². The van der Waals surface area contributed by atoms with Crippen LogP contribution in [0.1, 0.15) is 36.0 Å². The van der Waals surface area contributed by atoms with Gasteiger partial charge in [-0.25, -0.2) is 0 Å². The number of aromatic nitrogens is 1. The number of pyridine rings is 1. The molecule has 0 aliphatic rings. The van der Waals surface area contributed by atoms with Crippen LogP contribution in [-0.2, 0) is 15.5 Å². The van der Waals surface area contributed by atoms with Crippen molar-refractivity contribution in [3.63, 3.8) is 0 Å². The fourth-order valence-electron chi connectivity index (χ4n) is 2.58. The largest absolute Gasteiger partial charge is 0.481 e. The summed E-state index contributed by atoms with van der Waals surface area (Å²) in [5.74, 6) is -0.897. The van der Waals surface area contributed by atoms with Crippen molar-refractivity contribution < 1.29 is 19.4 Å². The lowest BCUT2D eigenvalue weighted by Crippen LogP contribution is -2.05. The Kier molecular flexibility index (Phi) is 6.08. The van der Waals surface area contributed by atoms with Crippen molar-refractivity contribution in [1.29, 1.82) is 0 Å². The van der Waals surface area contributed by atoms with Crippen molar-refractivity contribution in [3.8, 4) is 0 Å². The second-order valence-electron chi connectivity index (χ2n) is 5.49. The molecular formula is C17H20NO4P. The zero-order chi connectivity index (χ0) is 16.7. The van der Waals surface area contributed by atoms with Gasteiger partial charge in [-0.05, 0) is 30.0 Å². The van der Waals surface area contributed by atoms with E-state index in [4.69, 9.17) is 5.11 Å². The summed E-state index contributed by atoms with van der Waals surface area (Å²) in [6, 6.07) is 12.7. The molecule has 1 aromatic carbocycles. The first-order valence-corrected chi connectivity index (χ1v) is 9.37. The second-order valence-corrected chi connectivity index (χ2v) is 7.94. The van der Waals surface area contributed by atoms with E-state index in [9.17, 15) is 14.3 Å². The summed E-state index contributed by atoms with van der Waals surface area (Å²) in [5, 5.41) is 8.79. The SMILES string of the molecule is O=C(O)CCCC(c1cccnc1)P(=O)(O)Cc1ccccc1. The summed E-state index contributed by atoms with van der Waals surface area (Å²) < 4.78 is 12.9. The van der Waals surface area contributed by atoms with Crippen LogP contribution in [0.3, 0.4) is 0 Å². The van der Waals surface area contributed by atoms with E-state index >= 15 is 0 Å². The Hall–Kier alpha value is -1.97. The lowest BCUT2D eigenvalue weighted by Gasteiger charge is -2.23. The van der Waals surface area contributed by atoms with E-state index in [-0.39, 0.29) is 12.6 Å². The molecular weight excluding hydrogens is 313 g/mol. The molecule has 23 heavy (non-hydrogen) atoms. The third-order valence-electron chi connectivity index (χ3n) is 3.68. The van der Waals surface area contributed by atoms with Gasteiger partial charge in [0, 0.05) is 18.8 Å². The summed E-state index contributed by atoms with van der Waals surface area (Å²) in [6.45, 7) is 0. The number of carboxylic acids is 1. The Morgan fingerprint density at radius 1 is 1.17 bits per heavy atom. The van der Waals surface area contributed by atoms with Gasteiger partial charge in [0.15, 0.2) is 0 Å². The average Bonchev–Trinajstić information content (AvgIpc) is 2.52. The Labute approximate surface area is 135 Å². The zero-order valence-electron chi connectivity index (χ0n) is 12.7. The predicted molar refractivity (Wildman–Crippen MR) is 88.4 cm³/mol. The first-order valence-electron chi connectivity index (χ1n) is 7.46. The van der Waals surface area contributed by atoms with E-state index < -0.39 is 19.0 Å². The van der Waals surface area contributed by atoms with E-state index in [0.29, 0.717) is 18.4 Å². The van der Waals surface area contributed by atoms with Gasteiger partial charge < -0.3 is 10.00 Å². The summed E-state index contributed by atoms with van der Waals surface area (Å²) in [5.41, 5.74) is 0.876. The molecule has 2 atom stereocenters. The summed E-state index contributed by atoms with van der Waals surface area (Å²) in [4.78, 5) is 25.4. The molecule has 0 fully saturated rings. The third kappa shape index (κ3) is 5.31. The normalized spacial score (nSPS) is 14.8. The molecule has 0 aliphatic heterocycles. The Bertz CT molecular complexity index is 676. The van der Waals surface area contributed by atoms with E-state index in [1.807, 2.05) is 30.3 Å². The lowest BCUT2D eigenvalue weighted by molar-refractivity contribution is -0.137. The van der Waals surface area contributed by atoms with Gasteiger partial charge in [0.05, 0.1) is 11.8 Å². The third-order valence-corrected chi connectivity index (χ3v) is 6.02. The maximum Gasteiger partial charge on any atom is 0.303 e. The molecule has 2 rings (SSSR count). The van der Waals surface area contributed by atoms with Crippen LogP contribution in [-0.4, -0.2) is 21.0 Å². The van der Waals surface area contributed by atoms with Gasteiger partial charge in [0.1, 0.15) is 0 Å². The molecule has 0 saturated carbocycles. The molecule has 2 N–H and O–H groups in total. The molecule has 0 bridgehead atoms. The van der Waals surface area contributed by atoms with Gasteiger partial charge in [0.2, 0.25) is 7.37 Å². The van der Waals surface area contributed by atoms with Crippen molar-refractivity contribution in [1.82, 2.24) is 4.98 Å². The van der Waals surface area contributed by atoms with E-state index in [1.165, 1.54) is 0 Å². The molecule has 0 aliphatic carbocycles. The van der Waals surface area contributed by atoms with Gasteiger partial charge in [-0.15, -0.1) is 0 Å². The minimum Gasteiger partial charge on any atom is -0.481 e. The number of carbonyl (C=O) groups is 1. The highest BCUT2D eigenvalue weighted by atomic mass is 31.2. The van der Waals surface area contributed by atoms with Crippen molar-refractivity contribution in [2.45, 2.75) is 31.1 Å². The quantitative estimate of drug-likeness (QED) is 0.717. The average molecular weight is 333 g/mol. The lowest BCUT2D eigenvalue weighted by atomic mass is 10.1. The van der Waals surface area contributed by atoms with E-state index in [1.54, 1.807) is 24.5 Å². The molecule has 0 amide bonds. The van der Waals surface area contributed by atoms with Crippen LogP contribution >= 0.6 is 7.37 Å². The Morgan fingerprint density at radius 2 is 1.91 bits per heavy atom. The van der Waals surface area contributed by atoms with Crippen molar-refractivity contribution in [2.24, 2.45) is 0 Å². The summed E-state index contributed by atoms with van der Waals surface area (Å²) in [6.07, 6.45) is 3.95. The minimum absolute atomic E-state index is 0.0118. The van der Waals surface area contributed by atoms with Crippen molar-refractivity contribution in [2.75, 3.05) is 0 Å². The van der Waals surface area contributed by atoms with Crippen LogP contribution in [0.4, 0.5) is 0 Å². The van der Waals surface area contributed by atoms with Gasteiger partial charge in [-0.1, -0.05) is 36.4 Å². The molecule has 0 saturated heterocycles. The standard InChI is InChI=1S/C17H20NO4P/c19-17(20)10-4-9-16(15-8-5-11-18-12-15)23(21,22)13-14-6-2-1-3-7-14/h1-3,5-8,11-12,16H,4,9-10,13H2,(H,19,20)(H,21,22). The van der Waals surface area contributed by atoms with Crippen LogP contribution < -0.4 is 0 Å². The molecule has 6 heteroatoms. The monoisotopic (exact) mass is 333 g/mol. The second kappa shape index (κ2) is 8.04. The number of nitrogens with zero attached hydrogens (tertiary/aromatic N) is 1. The molecule has 1 heterocycles. The fraction of sp³-hybridized carbons (Fsp3) is 0.294. The maximum atomic E-state index is 12.9. The number of benzene rings is 1. The predicted octanol–water partition coefficient (Wildman–Crippen LogP) is 3.85. The van der Waals surface area contributed by atoms with Crippen molar-refractivity contribution in [3.05, 3.63) is 66.0 Å². The first kappa shape index (κ1) is 17.4. The number of hydrogen-bond acceptors (Lipinski definition) is 3. The molecule has 2 aromatic rings. The Morgan fingerprint density at radius 3 is 2.52 bits per heavy atom. The van der Waals surface area contributed by atoms with Crippen LogP contribution in [0.15, 0.2) is 54.9 Å². The molecule has 0 spiro atoms. The van der Waals surface area contributed by atoms with Crippen LogP contribution in [0.2, 0.25) is 0 Å². The number of carboxylic acid groups (broad SMARTS) is 1. The minimum atomic E-state index is -3.54. The van der Waals surface area contributed by atoms with E-state index in [2.05, 4.69) is 4.98 Å². The summed E-state index contributed by atoms with van der Waals surface area (Å²) in [7, 11) is -3.54. The van der Waals surface area contributed by atoms with Crippen molar-refractivity contribution >= 4 is 13.3 Å². The number of rotatable bonds is 8. The zero-order valence-corrected chi connectivity index (χ0v) is 13.6. The first-order chi connectivity index (χ1) is 11.0. The highest BCUT2D eigenvalue weighted by Gasteiger charge is 2.32. The van der Waals surface area contributed by atoms with Crippen LogP contribution in [0, 0.1) is 0 Å². The Balaban J connectivity index is 2.20. The highest BCUT2D eigenvalue weighted by molar-refractivity contribution is 7.57. The number of aliphatic carboxylic acids is 1. The number of hydrogen-bond donors (Lipinski definition) is 2. The molecule has 122 valence electrons. The van der Waals surface area contributed by atoms with Gasteiger partial charge in [-0.3, -0.25) is 14.3 Å². The van der Waals surface area contributed by atoms with Gasteiger partial charge in [0.25, 0.3) is 0 Å². The van der Waals surface area contributed by atoms with Crippen LogP contribution in [0.25, 0.3) is 0 Å². The smallest absolute Gasteiger partial charge is 0.303 e. The summed E-state index contributed by atoms with van der Waals surface area (Å²) >= 11 is 0. The topological polar surface area (TPSA) is 87.5 Å². The molecule has 1 aromatic heterocycles. The highest BCUT2D eigenvalue weighted by Crippen LogP contribution is 2.59. The molecule has 5 nitrogen and oxygen atoms in total. The molecule has 0 radical (unpaired) electrons. The molecule has 2 unspecified atom stereocenters. The van der Waals surface area contributed by atoms with Gasteiger partial charge in [-0.2, -0.15) is 0 Å². The van der Waals surface area contributed by atoms with Gasteiger partial charge >= 0.3 is 5.97 Å². The van der Waals surface area contributed by atoms with E-state index in [0.717, 1.165) is 5.56 Å². The fourth-order valence-corrected chi connectivity index (χ4v) is 4.74. The maximum absolute atomic E-state index is 12.9.